The van der Waals surface area contributed by atoms with Gasteiger partial charge in [0.15, 0.2) is 0 Å². The fraction of sp³-hybridized carbons (Fsp3) is 0.364. The maximum atomic E-state index is 11.8. The van der Waals surface area contributed by atoms with Crippen molar-refractivity contribution >= 4 is 51.7 Å². The van der Waals surface area contributed by atoms with Crippen LogP contribution in [0.4, 0.5) is 0 Å². The van der Waals surface area contributed by atoms with Gasteiger partial charge < -0.3 is 5.32 Å². The predicted molar refractivity (Wildman–Crippen MR) is 76.4 cm³/mol. The zero-order valence-corrected chi connectivity index (χ0v) is 12.4. The third-order valence-electron chi connectivity index (χ3n) is 2.00. The van der Waals surface area contributed by atoms with Crippen LogP contribution in [0.15, 0.2) is 18.2 Å². The molecule has 0 saturated heterocycles. The molecule has 88 valence electrons. The Balaban J connectivity index is 2.62. The quantitative estimate of drug-likeness (QED) is 0.634. The number of carbonyl (C=O) groups excluding carboxylic acids is 1. The molecule has 0 heterocycles. The highest BCUT2D eigenvalue weighted by atomic mass is 127. The van der Waals surface area contributed by atoms with Gasteiger partial charge in [-0.3, -0.25) is 4.79 Å². The SMILES string of the molecule is CC(Cl)CCNC(=O)c1cc(Cl)ccc1I. The van der Waals surface area contributed by atoms with Gasteiger partial charge in [0.05, 0.1) is 5.56 Å². The molecule has 1 N–H and O–H groups in total. The van der Waals surface area contributed by atoms with Gasteiger partial charge in [-0.15, -0.1) is 11.6 Å². The topological polar surface area (TPSA) is 29.1 Å². The van der Waals surface area contributed by atoms with Crippen LogP contribution in [-0.4, -0.2) is 17.8 Å². The number of nitrogens with one attached hydrogen (secondary N) is 1. The summed E-state index contributed by atoms with van der Waals surface area (Å²) < 4.78 is 0.887. The average molecular weight is 372 g/mol. The zero-order valence-electron chi connectivity index (χ0n) is 8.77. The molecule has 1 aromatic carbocycles. The van der Waals surface area contributed by atoms with Crippen molar-refractivity contribution in [3.63, 3.8) is 0 Å². The molecule has 5 heteroatoms. The van der Waals surface area contributed by atoms with Crippen molar-refractivity contribution in [3.05, 3.63) is 32.4 Å². The fourth-order valence-electron chi connectivity index (χ4n) is 1.15. The van der Waals surface area contributed by atoms with Crippen LogP contribution < -0.4 is 5.32 Å². The highest BCUT2D eigenvalue weighted by molar-refractivity contribution is 14.1. The molecule has 0 aromatic heterocycles. The largest absolute Gasteiger partial charge is 0.352 e. The molecule has 0 saturated carbocycles. The number of hydrogen-bond acceptors (Lipinski definition) is 1. The number of benzene rings is 1. The van der Waals surface area contributed by atoms with E-state index in [2.05, 4.69) is 27.9 Å². The van der Waals surface area contributed by atoms with E-state index in [1.54, 1.807) is 12.1 Å². The van der Waals surface area contributed by atoms with Crippen molar-refractivity contribution < 1.29 is 4.79 Å². The van der Waals surface area contributed by atoms with Crippen LogP contribution in [0.2, 0.25) is 5.02 Å². The highest BCUT2D eigenvalue weighted by Crippen LogP contribution is 2.17. The van der Waals surface area contributed by atoms with Gasteiger partial charge >= 0.3 is 0 Å². The van der Waals surface area contributed by atoms with Crippen molar-refractivity contribution in [3.8, 4) is 0 Å². The zero-order chi connectivity index (χ0) is 12.1. The van der Waals surface area contributed by atoms with Gasteiger partial charge in [0.25, 0.3) is 5.91 Å². The van der Waals surface area contributed by atoms with E-state index in [-0.39, 0.29) is 11.3 Å². The molecule has 0 aliphatic rings. The average Bonchev–Trinajstić information content (AvgIpc) is 2.21. The molecular weight excluding hydrogens is 360 g/mol. The first-order valence-electron chi connectivity index (χ1n) is 4.88. The number of amides is 1. The molecule has 0 aliphatic heterocycles. The number of rotatable bonds is 4. The Labute approximate surface area is 119 Å². The predicted octanol–water partition coefficient (Wildman–Crippen LogP) is 3.69. The van der Waals surface area contributed by atoms with Gasteiger partial charge in [0.1, 0.15) is 0 Å². The Morgan fingerprint density at radius 1 is 1.56 bits per heavy atom. The first-order valence-corrected chi connectivity index (χ1v) is 6.77. The molecule has 1 aromatic rings. The summed E-state index contributed by atoms with van der Waals surface area (Å²) >= 11 is 13.7. The van der Waals surface area contributed by atoms with Crippen LogP contribution in [0, 0.1) is 3.57 Å². The van der Waals surface area contributed by atoms with Crippen molar-refractivity contribution in [2.24, 2.45) is 0 Å². The molecule has 0 aliphatic carbocycles. The van der Waals surface area contributed by atoms with Gasteiger partial charge in [0, 0.05) is 20.5 Å². The molecule has 1 atom stereocenters. The smallest absolute Gasteiger partial charge is 0.252 e. The number of alkyl halides is 1. The lowest BCUT2D eigenvalue weighted by Crippen LogP contribution is -2.26. The monoisotopic (exact) mass is 371 g/mol. The summed E-state index contributed by atoms with van der Waals surface area (Å²) in [6.45, 7) is 2.48. The maximum Gasteiger partial charge on any atom is 0.252 e. The summed E-state index contributed by atoms with van der Waals surface area (Å²) in [5.74, 6) is -0.107. The highest BCUT2D eigenvalue weighted by Gasteiger charge is 2.10. The van der Waals surface area contributed by atoms with E-state index < -0.39 is 0 Å². The second kappa shape index (κ2) is 6.67. The molecule has 1 amide bonds. The second-order valence-corrected chi connectivity index (χ2v) is 5.79. The van der Waals surface area contributed by atoms with Crippen molar-refractivity contribution in [2.75, 3.05) is 6.54 Å². The summed E-state index contributed by atoms with van der Waals surface area (Å²) in [6, 6.07) is 5.26. The van der Waals surface area contributed by atoms with Gasteiger partial charge in [-0.25, -0.2) is 0 Å². The third-order valence-corrected chi connectivity index (χ3v) is 3.39. The molecule has 0 bridgehead atoms. The lowest BCUT2D eigenvalue weighted by atomic mass is 10.2. The molecule has 2 nitrogen and oxygen atoms in total. The van der Waals surface area contributed by atoms with Gasteiger partial charge in [0.2, 0.25) is 0 Å². The molecule has 0 spiro atoms. The second-order valence-electron chi connectivity index (χ2n) is 3.45. The third kappa shape index (κ3) is 4.47. The van der Waals surface area contributed by atoms with Crippen LogP contribution in [0.3, 0.4) is 0 Å². The minimum Gasteiger partial charge on any atom is -0.352 e. The normalized spacial score (nSPS) is 12.2. The van der Waals surface area contributed by atoms with Crippen LogP contribution in [-0.2, 0) is 0 Å². The van der Waals surface area contributed by atoms with E-state index >= 15 is 0 Å². The Hall–Kier alpha value is -0.000000000000000111. The van der Waals surface area contributed by atoms with Gasteiger partial charge in [-0.1, -0.05) is 11.6 Å². The molecule has 16 heavy (non-hydrogen) atoms. The minimum atomic E-state index is -0.107. The molecule has 0 fully saturated rings. The molecule has 1 unspecified atom stereocenters. The van der Waals surface area contributed by atoms with Crippen LogP contribution in [0.5, 0.6) is 0 Å². The summed E-state index contributed by atoms with van der Waals surface area (Å²) in [5.41, 5.74) is 0.607. The lowest BCUT2D eigenvalue weighted by Gasteiger charge is -2.08. The van der Waals surface area contributed by atoms with Crippen molar-refractivity contribution in [1.29, 1.82) is 0 Å². The van der Waals surface area contributed by atoms with Crippen molar-refractivity contribution in [1.82, 2.24) is 5.32 Å². The number of halogens is 3. The van der Waals surface area contributed by atoms with Crippen LogP contribution in [0.25, 0.3) is 0 Å². The first-order chi connectivity index (χ1) is 7.50. The van der Waals surface area contributed by atoms with E-state index in [0.717, 1.165) is 9.99 Å². The van der Waals surface area contributed by atoms with Crippen LogP contribution >= 0.6 is 45.8 Å². The number of carbonyl (C=O) groups is 1. The van der Waals surface area contributed by atoms with E-state index in [4.69, 9.17) is 23.2 Å². The van der Waals surface area contributed by atoms with E-state index in [0.29, 0.717) is 17.1 Å². The lowest BCUT2D eigenvalue weighted by molar-refractivity contribution is 0.0952. The Bertz CT molecular complexity index is 382. The summed E-state index contributed by atoms with van der Waals surface area (Å²) in [4.78, 5) is 11.8. The number of hydrogen-bond donors (Lipinski definition) is 1. The molecule has 1 rings (SSSR count). The Kier molecular flexibility index (Phi) is 5.86. The van der Waals surface area contributed by atoms with E-state index in [1.165, 1.54) is 0 Å². The Morgan fingerprint density at radius 3 is 2.88 bits per heavy atom. The van der Waals surface area contributed by atoms with Gasteiger partial charge in [-0.05, 0) is 54.1 Å². The van der Waals surface area contributed by atoms with E-state index in [1.807, 2.05) is 13.0 Å². The maximum absolute atomic E-state index is 11.8. The Morgan fingerprint density at radius 2 is 2.25 bits per heavy atom. The molecular formula is C11H12Cl2INO. The fourth-order valence-corrected chi connectivity index (χ4v) is 2.01. The summed E-state index contributed by atoms with van der Waals surface area (Å²) in [5, 5.41) is 3.45. The van der Waals surface area contributed by atoms with E-state index in [9.17, 15) is 4.79 Å². The first kappa shape index (κ1) is 14.1. The van der Waals surface area contributed by atoms with Crippen LogP contribution in [0.1, 0.15) is 23.7 Å². The van der Waals surface area contributed by atoms with Crippen molar-refractivity contribution in [2.45, 2.75) is 18.7 Å². The summed E-state index contributed by atoms with van der Waals surface area (Å²) in [6.07, 6.45) is 0.754. The molecule has 0 radical (unpaired) electrons. The standard InChI is InChI=1S/C11H12Cl2INO/c1-7(12)4-5-15-11(16)9-6-8(13)2-3-10(9)14/h2-3,6-7H,4-5H2,1H3,(H,15,16). The summed E-state index contributed by atoms with van der Waals surface area (Å²) in [7, 11) is 0. The minimum absolute atomic E-state index is 0.0683. The van der Waals surface area contributed by atoms with Gasteiger partial charge in [-0.2, -0.15) is 0 Å².